The first-order valence-corrected chi connectivity index (χ1v) is 8.35. The van der Waals surface area contributed by atoms with Crippen LogP contribution in [0.4, 0.5) is 0 Å². The molecule has 2 aliphatic rings. The van der Waals surface area contributed by atoms with Crippen LogP contribution in [0.15, 0.2) is 0 Å². The number of hydrogen-bond acceptors (Lipinski definition) is 4. The van der Waals surface area contributed by atoms with Crippen molar-refractivity contribution in [1.29, 1.82) is 0 Å². The van der Waals surface area contributed by atoms with Crippen LogP contribution in [0.1, 0.15) is 33.1 Å². The summed E-state index contributed by atoms with van der Waals surface area (Å²) >= 11 is 1.98. The third-order valence-electron chi connectivity index (χ3n) is 3.73. The van der Waals surface area contributed by atoms with Crippen LogP contribution in [-0.4, -0.2) is 60.2 Å². The number of thioether (sulfide) groups is 1. The Morgan fingerprint density at radius 3 is 2.53 bits per heavy atom. The molecule has 2 unspecified atom stereocenters. The molecular formula is C14H26N2O2S. The Balaban J connectivity index is 1.65. The van der Waals surface area contributed by atoms with E-state index in [1.165, 1.54) is 0 Å². The van der Waals surface area contributed by atoms with E-state index in [1.54, 1.807) is 0 Å². The van der Waals surface area contributed by atoms with Gasteiger partial charge in [-0.25, -0.2) is 0 Å². The van der Waals surface area contributed by atoms with E-state index in [2.05, 4.69) is 19.2 Å². The number of nitrogens with zero attached hydrogens (tertiary/aromatic N) is 1. The molecule has 0 radical (unpaired) electrons. The van der Waals surface area contributed by atoms with Crippen LogP contribution >= 0.6 is 11.8 Å². The quantitative estimate of drug-likeness (QED) is 0.850. The van der Waals surface area contributed by atoms with Crippen molar-refractivity contribution in [2.24, 2.45) is 0 Å². The first kappa shape index (κ1) is 15.1. The fourth-order valence-electron chi connectivity index (χ4n) is 2.81. The summed E-state index contributed by atoms with van der Waals surface area (Å²) in [6, 6.07) is 0. The van der Waals surface area contributed by atoms with E-state index < -0.39 is 0 Å². The van der Waals surface area contributed by atoms with E-state index in [0.717, 1.165) is 39.0 Å². The van der Waals surface area contributed by atoms with Crippen LogP contribution in [-0.2, 0) is 9.53 Å². The Bertz CT molecular complexity index is 285. The maximum absolute atomic E-state index is 12.2. The average Bonchev–Trinajstić information content (AvgIpc) is 2.38. The second-order valence-corrected chi connectivity index (χ2v) is 7.51. The van der Waals surface area contributed by atoms with Crippen molar-refractivity contribution in [2.45, 2.75) is 49.7 Å². The summed E-state index contributed by atoms with van der Waals surface area (Å²) in [5.41, 5.74) is 0. The predicted octanol–water partition coefficient (Wildman–Crippen LogP) is 1.50. The second kappa shape index (κ2) is 7.50. The molecule has 0 aromatic heterocycles. The smallest absolute Gasteiger partial charge is 0.224 e. The Morgan fingerprint density at radius 1 is 1.26 bits per heavy atom. The maximum Gasteiger partial charge on any atom is 0.224 e. The number of nitrogens with one attached hydrogen (secondary N) is 1. The SMILES string of the molecule is CC1CN(C(=O)CCOC2CCNCC2)CC(C)S1. The van der Waals surface area contributed by atoms with E-state index in [-0.39, 0.29) is 5.91 Å². The number of amides is 1. The maximum atomic E-state index is 12.2. The molecule has 1 N–H and O–H groups in total. The lowest BCUT2D eigenvalue weighted by Crippen LogP contribution is -2.44. The Morgan fingerprint density at radius 2 is 1.89 bits per heavy atom. The van der Waals surface area contributed by atoms with Gasteiger partial charge in [-0.3, -0.25) is 4.79 Å². The molecule has 5 heteroatoms. The van der Waals surface area contributed by atoms with Gasteiger partial charge in [-0.15, -0.1) is 0 Å². The number of carbonyl (C=O) groups is 1. The molecule has 1 amide bonds. The highest BCUT2D eigenvalue weighted by Gasteiger charge is 2.25. The highest BCUT2D eigenvalue weighted by molar-refractivity contribution is 8.00. The van der Waals surface area contributed by atoms with Crippen molar-refractivity contribution in [3.63, 3.8) is 0 Å². The summed E-state index contributed by atoms with van der Waals surface area (Å²) in [5.74, 6) is 0.257. The van der Waals surface area contributed by atoms with Crippen LogP contribution in [0.5, 0.6) is 0 Å². The molecule has 110 valence electrons. The zero-order chi connectivity index (χ0) is 13.7. The average molecular weight is 286 g/mol. The van der Waals surface area contributed by atoms with Crippen molar-refractivity contribution >= 4 is 17.7 Å². The highest BCUT2D eigenvalue weighted by Crippen LogP contribution is 2.25. The third kappa shape index (κ3) is 4.97. The summed E-state index contributed by atoms with van der Waals surface area (Å²) in [5, 5.41) is 4.43. The molecular weight excluding hydrogens is 260 g/mol. The molecule has 0 aromatic rings. The monoisotopic (exact) mass is 286 g/mol. The Hall–Kier alpha value is -0.260. The van der Waals surface area contributed by atoms with Crippen molar-refractivity contribution in [3.8, 4) is 0 Å². The molecule has 2 rings (SSSR count). The van der Waals surface area contributed by atoms with Gasteiger partial charge in [0.05, 0.1) is 19.1 Å². The minimum absolute atomic E-state index is 0.257. The van der Waals surface area contributed by atoms with Gasteiger partial charge >= 0.3 is 0 Å². The van der Waals surface area contributed by atoms with Crippen LogP contribution < -0.4 is 5.32 Å². The largest absolute Gasteiger partial charge is 0.378 e. The molecule has 2 heterocycles. The van der Waals surface area contributed by atoms with Gasteiger partial charge < -0.3 is 15.0 Å². The van der Waals surface area contributed by atoms with Crippen LogP contribution in [0.3, 0.4) is 0 Å². The van der Waals surface area contributed by atoms with E-state index >= 15 is 0 Å². The van der Waals surface area contributed by atoms with Gasteiger partial charge in [0.15, 0.2) is 0 Å². The molecule has 4 nitrogen and oxygen atoms in total. The molecule has 2 saturated heterocycles. The molecule has 0 aromatic carbocycles. The second-order valence-electron chi connectivity index (χ2n) is 5.63. The zero-order valence-electron chi connectivity index (χ0n) is 12.1. The Kier molecular flexibility index (Phi) is 5.98. The summed E-state index contributed by atoms with van der Waals surface area (Å²) in [6.07, 6.45) is 3.03. The number of rotatable bonds is 4. The predicted molar refractivity (Wildman–Crippen MR) is 79.6 cm³/mol. The first-order chi connectivity index (χ1) is 9.15. The van der Waals surface area contributed by atoms with Crippen molar-refractivity contribution < 1.29 is 9.53 Å². The number of piperidine rings is 1. The van der Waals surface area contributed by atoms with E-state index in [4.69, 9.17) is 4.74 Å². The van der Waals surface area contributed by atoms with Crippen LogP contribution in [0, 0.1) is 0 Å². The minimum Gasteiger partial charge on any atom is -0.378 e. The molecule has 0 aliphatic carbocycles. The summed E-state index contributed by atoms with van der Waals surface area (Å²) in [4.78, 5) is 14.2. The third-order valence-corrected chi connectivity index (χ3v) is 4.96. The van der Waals surface area contributed by atoms with Crippen LogP contribution in [0.25, 0.3) is 0 Å². The van der Waals surface area contributed by atoms with Gasteiger partial charge in [0.2, 0.25) is 5.91 Å². The van der Waals surface area contributed by atoms with Gasteiger partial charge in [-0.1, -0.05) is 13.8 Å². The molecule has 0 saturated carbocycles. The van der Waals surface area contributed by atoms with Gasteiger partial charge in [0, 0.05) is 23.6 Å². The van der Waals surface area contributed by atoms with Crippen molar-refractivity contribution in [3.05, 3.63) is 0 Å². The lowest BCUT2D eigenvalue weighted by molar-refractivity contribution is -0.133. The Labute approximate surface area is 120 Å². The normalized spacial score (nSPS) is 29.5. The van der Waals surface area contributed by atoms with E-state index in [1.807, 2.05) is 16.7 Å². The number of hydrogen-bond donors (Lipinski definition) is 1. The fraction of sp³-hybridized carbons (Fsp3) is 0.929. The highest BCUT2D eigenvalue weighted by atomic mass is 32.2. The molecule has 0 bridgehead atoms. The van der Waals surface area contributed by atoms with Crippen LogP contribution in [0.2, 0.25) is 0 Å². The molecule has 19 heavy (non-hydrogen) atoms. The summed E-state index contributed by atoms with van der Waals surface area (Å²) < 4.78 is 5.81. The minimum atomic E-state index is 0.257. The van der Waals surface area contributed by atoms with Gasteiger partial charge in [-0.05, 0) is 25.9 Å². The standard InChI is InChI=1S/C14H26N2O2S/c1-11-9-16(10-12(2)19-11)14(17)5-8-18-13-3-6-15-7-4-13/h11-13,15H,3-10H2,1-2H3. The summed E-state index contributed by atoms with van der Waals surface area (Å²) in [7, 11) is 0. The molecule has 0 spiro atoms. The number of ether oxygens (including phenoxy) is 1. The van der Waals surface area contributed by atoms with Gasteiger partial charge in [0.1, 0.15) is 0 Å². The molecule has 2 aliphatic heterocycles. The lowest BCUT2D eigenvalue weighted by Gasteiger charge is -2.34. The number of carbonyl (C=O) groups excluding carboxylic acids is 1. The fourth-order valence-corrected chi connectivity index (χ4v) is 4.14. The van der Waals surface area contributed by atoms with Gasteiger partial charge in [-0.2, -0.15) is 11.8 Å². The van der Waals surface area contributed by atoms with Gasteiger partial charge in [0.25, 0.3) is 0 Å². The lowest BCUT2D eigenvalue weighted by atomic mass is 10.1. The van der Waals surface area contributed by atoms with Crippen molar-refractivity contribution in [2.75, 3.05) is 32.8 Å². The zero-order valence-corrected chi connectivity index (χ0v) is 12.9. The summed E-state index contributed by atoms with van der Waals surface area (Å²) in [6.45, 7) is 8.84. The molecule has 2 atom stereocenters. The van der Waals surface area contributed by atoms with E-state index in [0.29, 0.717) is 29.6 Å². The topological polar surface area (TPSA) is 41.6 Å². The van der Waals surface area contributed by atoms with Crippen molar-refractivity contribution in [1.82, 2.24) is 10.2 Å². The molecule has 2 fully saturated rings. The first-order valence-electron chi connectivity index (χ1n) is 7.40. The van der Waals surface area contributed by atoms with E-state index in [9.17, 15) is 4.79 Å².